The molecule has 1 aromatic rings. The summed E-state index contributed by atoms with van der Waals surface area (Å²) in [6, 6.07) is 3.42. The molecule has 0 saturated heterocycles. The Morgan fingerprint density at radius 3 is 2.18 bits per heavy atom. The van der Waals surface area contributed by atoms with Crippen molar-refractivity contribution in [1.82, 2.24) is 0 Å². The van der Waals surface area contributed by atoms with Crippen LogP contribution >= 0.6 is 0 Å². The van der Waals surface area contributed by atoms with Gasteiger partial charge in [-0.05, 0) is 69.3 Å². The highest BCUT2D eigenvalue weighted by atomic mass is 16.6. The van der Waals surface area contributed by atoms with Crippen molar-refractivity contribution in [3.05, 3.63) is 38.4 Å². The van der Waals surface area contributed by atoms with Crippen molar-refractivity contribution in [3.63, 3.8) is 0 Å². The van der Waals surface area contributed by atoms with E-state index in [1.54, 1.807) is 6.92 Å². The molecule has 0 spiro atoms. The first-order valence-electron chi connectivity index (χ1n) is 9.72. The number of hydrogen-bond acceptors (Lipinski definition) is 7. The molecule has 9 heteroatoms. The van der Waals surface area contributed by atoms with Crippen LogP contribution in [0.4, 0.5) is 17.1 Å². The molecule has 4 fully saturated rings. The van der Waals surface area contributed by atoms with E-state index in [1.165, 1.54) is 31.4 Å². The van der Waals surface area contributed by atoms with Gasteiger partial charge in [0.2, 0.25) is 0 Å². The number of anilines is 1. The fourth-order valence-corrected chi connectivity index (χ4v) is 6.08. The lowest BCUT2D eigenvalue weighted by Gasteiger charge is -2.57. The maximum atomic E-state index is 11.3. The number of aliphatic hydroxyl groups excluding tert-OH is 1. The third-order valence-electron chi connectivity index (χ3n) is 6.66. The average molecular weight is 388 g/mol. The molecule has 0 heterocycles. The Balaban J connectivity index is 1.65. The Labute approximate surface area is 162 Å². The van der Waals surface area contributed by atoms with Crippen molar-refractivity contribution in [2.45, 2.75) is 51.6 Å². The zero-order valence-corrected chi connectivity index (χ0v) is 15.7. The standard InChI is InChI=1S/C19H24N4O5/c1-11(24)18(19-8-12-4-13(9-19)6-14(5-12)10-19)21-20-16-3-2-15(22(25)26)7-17(16)23(27)28/h2-3,7,11-14,20,24H,4-6,8-10H2,1H3/b21-18-/t11-,12?,13?,14?,19?/m1/s1. The molecule has 28 heavy (non-hydrogen) atoms. The Hall–Kier alpha value is -2.55. The summed E-state index contributed by atoms with van der Waals surface area (Å²) in [7, 11) is 0. The molecule has 1 aromatic carbocycles. The summed E-state index contributed by atoms with van der Waals surface area (Å²) in [4.78, 5) is 20.9. The van der Waals surface area contributed by atoms with Crippen molar-refractivity contribution >= 4 is 22.8 Å². The molecular formula is C19H24N4O5. The van der Waals surface area contributed by atoms with Gasteiger partial charge in [0.05, 0.1) is 27.7 Å². The number of nitrogens with one attached hydrogen (secondary N) is 1. The number of hydrazone groups is 1. The van der Waals surface area contributed by atoms with Crippen molar-refractivity contribution < 1.29 is 15.0 Å². The summed E-state index contributed by atoms with van der Waals surface area (Å²) in [5.41, 5.74) is 2.56. The van der Waals surface area contributed by atoms with E-state index in [-0.39, 0.29) is 16.8 Å². The topological polar surface area (TPSA) is 131 Å². The van der Waals surface area contributed by atoms with Crippen LogP contribution in [0.3, 0.4) is 0 Å². The number of nitro benzene ring substituents is 2. The summed E-state index contributed by atoms with van der Waals surface area (Å²) >= 11 is 0. The van der Waals surface area contributed by atoms with Gasteiger partial charge in [-0.1, -0.05) is 0 Å². The molecule has 4 aliphatic carbocycles. The Kier molecular flexibility index (Phi) is 4.57. The van der Waals surface area contributed by atoms with Crippen LogP contribution in [0.5, 0.6) is 0 Å². The summed E-state index contributed by atoms with van der Waals surface area (Å²) in [5, 5.41) is 37.1. The van der Waals surface area contributed by atoms with Crippen molar-refractivity contribution in [1.29, 1.82) is 0 Å². The number of hydrogen-bond donors (Lipinski definition) is 2. The molecule has 0 aromatic heterocycles. The smallest absolute Gasteiger partial charge is 0.301 e. The summed E-state index contributed by atoms with van der Waals surface area (Å²) in [5.74, 6) is 2.01. The molecule has 150 valence electrons. The Morgan fingerprint density at radius 2 is 1.71 bits per heavy atom. The Morgan fingerprint density at radius 1 is 1.14 bits per heavy atom. The van der Waals surface area contributed by atoms with Crippen molar-refractivity contribution in [2.24, 2.45) is 28.3 Å². The first-order chi connectivity index (χ1) is 13.3. The molecule has 5 rings (SSSR count). The summed E-state index contributed by atoms with van der Waals surface area (Å²) in [6.07, 6.45) is 6.03. The van der Waals surface area contributed by atoms with E-state index < -0.39 is 21.6 Å². The van der Waals surface area contributed by atoms with Crippen LogP contribution in [-0.2, 0) is 0 Å². The lowest BCUT2D eigenvalue weighted by Crippen LogP contribution is -2.52. The number of benzene rings is 1. The second kappa shape index (κ2) is 6.80. The molecule has 0 aliphatic heterocycles. The van der Waals surface area contributed by atoms with E-state index in [0.717, 1.165) is 25.3 Å². The molecule has 9 nitrogen and oxygen atoms in total. The second-order valence-corrected chi connectivity index (χ2v) is 8.70. The fraction of sp³-hybridized carbons (Fsp3) is 0.632. The van der Waals surface area contributed by atoms with Crippen LogP contribution in [0, 0.1) is 43.4 Å². The quantitative estimate of drug-likeness (QED) is 0.432. The van der Waals surface area contributed by atoms with Gasteiger partial charge in [-0.3, -0.25) is 25.7 Å². The maximum absolute atomic E-state index is 11.3. The third-order valence-corrected chi connectivity index (χ3v) is 6.66. The minimum atomic E-state index is -0.763. The van der Waals surface area contributed by atoms with Gasteiger partial charge >= 0.3 is 5.69 Å². The van der Waals surface area contributed by atoms with Crippen LogP contribution in [-0.4, -0.2) is 26.8 Å². The van der Waals surface area contributed by atoms with Gasteiger partial charge in [-0.25, -0.2) is 0 Å². The Bertz CT molecular complexity index is 815. The van der Waals surface area contributed by atoms with Gasteiger partial charge < -0.3 is 5.11 Å². The zero-order valence-electron chi connectivity index (χ0n) is 15.7. The zero-order chi connectivity index (χ0) is 20.1. The molecule has 0 amide bonds. The molecule has 0 radical (unpaired) electrons. The monoisotopic (exact) mass is 388 g/mol. The SMILES string of the molecule is C[C@@H](O)/C(=N/Nc1ccc([N+](=O)[O-])cc1[N+](=O)[O-])C12CC3CC(CC(C3)C1)C2. The van der Waals surface area contributed by atoms with E-state index in [0.29, 0.717) is 23.5 Å². The van der Waals surface area contributed by atoms with Gasteiger partial charge in [-0.2, -0.15) is 5.10 Å². The largest absolute Gasteiger partial charge is 0.387 e. The molecule has 0 unspecified atom stereocenters. The summed E-state index contributed by atoms with van der Waals surface area (Å²) in [6.45, 7) is 1.68. The molecule has 1 atom stereocenters. The van der Waals surface area contributed by atoms with Gasteiger partial charge in [0.15, 0.2) is 0 Å². The first kappa shape index (κ1) is 18.8. The molecular weight excluding hydrogens is 364 g/mol. The highest BCUT2D eigenvalue weighted by Crippen LogP contribution is 2.60. The van der Waals surface area contributed by atoms with Gasteiger partial charge in [-0.15, -0.1) is 0 Å². The van der Waals surface area contributed by atoms with Crippen LogP contribution in [0.1, 0.15) is 45.4 Å². The average Bonchev–Trinajstić information content (AvgIpc) is 2.60. The first-order valence-corrected chi connectivity index (χ1v) is 9.72. The van der Waals surface area contributed by atoms with E-state index >= 15 is 0 Å². The van der Waals surface area contributed by atoms with Crippen LogP contribution < -0.4 is 5.43 Å². The van der Waals surface area contributed by atoms with Gasteiger partial charge in [0, 0.05) is 11.5 Å². The van der Waals surface area contributed by atoms with Gasteiger partial charge in [0.25, 0.3) is 5.69 Å². The lowest BCUT2D eigenvalue weighted by atomic mass is 9.48. The highest BCUT2D eigenvalue weighted by molar-refractivity contribution is 5.94. The van der Waals surface area contributed by atoms with Crippen LogP contribution in [0.2, 0.25) is 0 Å². The predicted molar refractivity (Wildman–Crippen MR) is 103 cm³/mol. The number of nitro groups is 2. The van der Waals surface area contributed by atoms with E-state index in [2.05, 4.69) is 10.5 Å². The van der Waals surface area contributed by atoms with Crippen molar-refractivity contribution in [2.75, 3.05) is 5.43 Å². The molecule has 4 aliphatic rings. The van der Waals surface area contributed by atoms with Crippen molar-refractivity contribution in [3.8, 4) is 0 Å². The van der Waals surface area contributed by atoms with Gasteiger partial charge in [0.1, 0.15) is 5.69 Å². The number of non-ortho nitro benzene ring substituents is 1. The minimum absolute atomic E-state index is 0.0819. The number of aliphatic hydroxyl groups is 1. The normalized spacial score (nSPS) is 32.2. The molecule has 4 bridgehead atoms. The highest BCUT2D eigenvalue weighted by Gasteiger charge is 2.54. The number of rotatable bonds is 6. The van der Waals surface area contributed by atoms with Crippen LogP contribution in [0.25, 0.3) is 0 Å². The van der Waals surface area contributed by atoms with E-state index in [4.69, 9.17) is 0 Å². The van der Waals surface area contributed by atoms with Crippen LogP contribution in [0.15, 0.2) is 23.3 Å². The fourth-order valence-electron chi connectivity index (χ4n) is 6.08. The lowest BCUT2D eigenvalue weighted by molar-refractivity contribution is -0.393. The third kappa shape index (κ3) is 3.23. The molecule has 4 saturated carbocycles. The van der Waals surface area contributed by atoms with E-state index in [9.17, 15) is 25.3 Å². The predicted octanol–water partition coefficient (Wildman–Crippen LogP) is 3.87. The second-order valence-electron chi connectivity index (χ2n) is 8.70. The van der Waals surface area contributed by atoms with E-state index in [1.807, 2.05) is 0 Å². The minimum Gasteiger partial charge on any atom is -0.387 e. The molecule has 2 N–H and O–H groups in total. The number of nitrogens with zero attached hydrogens (tertiary/aromatic N) is 3. The maximum Gasteiger partial charge on any atom is 0.301 e. The summed E-state index contributed by atoms with van der Waals surface area (Å²) < 4.78 is 0.